The second-order valence-electron chi connectivity index (χ2n) is 7.98. The molecule has 1 atom stereocenters. The summed E-state index contributed by atoms with van der Waals surface area (Å²) in [4.78, 5) is 16.7. The van der Waals surface area contributed by atoms with Gasteiger partial charge in [0.15, 0.2) is 0 Å². The normalized spacial score (nSPS) is 24.5. The molecule has 144 valence electrons. The number of aryl methyl sites for hydroxylation is 2. The summed E-state index contributed by atoms with van der Waals surface area (Å²) in [5.41, 5.74) is 1.56. The van der Waals surface area contributed by atoms with Crippen LogP contribution in [0.2, 0.25) is 0 Å². The van der Waals surface area contributed by atoms with E-state index in [0.29, 0.717) is 25.9 Å². The van der Waals surface area contributed by atoms with Gasteiger partial charge in [-0.25, -0.2) is 0 Å². The standard InChI is InChI=1S/C21H32N2O3/c1-17-6-7-19(14-18(17)2)26-16-21(25)8-5-12-23(13-9-21)20(24)15-22-10-3-4-11-22/h6-7,14,25H,3-5,8-13,15-16H2,1-2H3. The first-order valence-corrected chi connectivity index (χ1v) is 9.88. The van der Waals surface area contributed by atoms with Gasteiger partial charge in [-0.05, 0) is 82.3 Å². The summed E-state index contributed by atoms with van der Waals surface area (Å²) in [7, 11) is 0. The maximum atomic E-state index is 12.5. The molecule has 1 amide bonds. The van der Waals surface area contributed by atoms with Crippen LogP contribution in [0.5, 0.6) is 5.75 Å². The van der Waals surface area contributed by atoms with Crippen LogP contribution in [0.3, 0.4) is 0 Å². The number of carbonyl (C=O) groups excluding carboxylic acids is 1. The van der Waals surface area contributed by atoms with E-state index in [1.807, 2.05) is 23.1 Å². The molecule has 0 saturated carbocycles. The average Bonchev–Trinajstić information content (AvgIpc) is 3.04. The number of ether oxygens (including phenoxy) is 1. The summed E-state index contributed by atoms with van der Waals surface area (Å²) in [6, 6.07) is 6.01. The van der Waals surface area contributed by atoms with Crippen molar-refractivity contribution in [2.75, 3.05) is 39.3 Å². The molecule has 0 spiro atoms. The third-order valence-electron chi connectivity index (χ3n) is 5.81. The molecule has 1 unspecified atom stereocenters. The number of carbonyl (C=O) groups is 1. The fraction of sp³-hybridized carbons (Fsp3) is 0.667. The Labute approximate surface area is 156 Å². The summed E-state index contributed by atoms with van der Waals surface area (Å²) in [6.07, 6.45) is 4.46. The van der Waals surface area contributed by atoms with Crippen LogP contribution in [-0.4, -0.2) is 65.7 Å². The minimum atomic E-state index is -0.860. The van der Waals surface area contributed by atoms with E-state index in [9.17, 15) is 9.90 Å². The SMILES string of the molecule is Cc1ccc(OCC2(O)CCCN(C(=O)CN3CCCC3)CC2)cc1C. The van der Waals surface area contributed by atoms with E-state index in [0.717, 1.165) is 31.8 Å². The average molecular weight is 360 g/mol. The Morgan fingerprint density at radius 3 is 2.58 bits per heavy atom. The van der Waals surface area contributed by atoms with E-state index in [2.05, 4.69) is 18.7 Å². The maximum Gasteiger partial charge on any atom is 0.236 e. The lowest BCUT2D eigenvalue weighted by Gasteiger charge is -2.27. The molecule has 2 aliphatic heterocycles. The van der Waals surface area contributed by atoms with E-state index in [4.69, 9.17) is 4.74 Å². The Bertz CT molecular complexity index is 628. The van der Waals surface area contributed by atoms with E-state index in [1.54, 1.807) is 0 Å². The van der Waals surface area contributed by atoms with Crippen molar-refractivity contribution in [1.82, 2.24) is 9.80 Å². The topological polar surface area (TPSA) is 53.0 Å². The Kier molecular flexibility index (Phi) is 6.20. The van der Waals surface area contributed by atoms with E-state index >= 15 is 0 Å². The molecular weight excluding hydrogens is 328 g/mol. The molecule has 26 heavy (non-hydrogen) atoms. The zero-order chi connectivity index (χ0) is 18.6. The number of nitrogens with zero attached hydrogens (tertiary/aromatic N) is 2. The molecule has 2 aliphatic rings. The quantitative estimate of drug-likeness (QED) is 0.877. The maximum absolute atomic E-state index is 12.5. The summed E-state index contributed by atoms with van der Waals surface area (Å²) in [6.45, 7) is 8.36. The molecule has 1 aromatic rings. The predicted octanol–water partition coefficient (Wildman–Crippen LogP) is 2.52. The van der Waals surface area contributed by atoms with Crippen molar-refractivity contribution in [3.8, 4) is 5.75 Å². The van der Waals surface area contributed by atoms with E-state index < -0.39 is 5.60 Å². The zero-order valence-electron chi connectivity index (χ0n) is 16.2. The van der Waals surface area contributed by atoms with Crippen molar-refractivity contribution in [1.29, 1.82) is 0 Å². The lowest BCUT2D eigenvalue weighted by molar-refractivity contribution is -0.132. The molecule has 1 N–H and O–H groups in total. The molecule has 5 nitrogen and oxygen atoms in total. The second kappa shape index (κ2) is 8.40. The number of likely N-dealkylation sites (tertiary alicyclic amines) is 2. The van der Waals surface area contributed by atoms with Gasteiger partial charge in [0.2, 0.25) is 5.91 Å². The third kappa shape index (κ3) is 4.98. The molecule has 0 bridgehead atoms. The van der Waals surface area contributed by atoms with Crippen LogP contribution in [0, 0.1) is 13.8 Å². The highest BCUT2D eigenvalue weighted by Gasteiger charge is 2.32. The first-order chi connectivity index (χ1) is 12.5. The number of amides is 1. The Balaban J connectivity index is 1.51. The van der Waals surface area contributed by atoms with Crippen molar-refractivity contribution < 1.29 is 14.6 Å². The Morgan fingerprint density at radius 2 is 1.85 bits per heavy atom. The lowest BCUT2D eigenvalue weighted by Crippen LogP contribution is -2.41. The number of rotatable bonds is 5. The number of hydrogen-bond acceptors (Lipinski definition) is 4. The van der Waals surface area contributed by atoms with E-state index in [-0.39, 0.29) is 12.5 Å². The summed E-state index contributed by atoms with van der Waals surface area (Å²) < 4.78 is 5.88. The number of aliphatic hydroxyl groups is 1. The number of benzene rings is 1. The van der Waals surface area contributed by atoms with Crippen LogP contribution in [-0.2, 0) is 4.79 Å². The van der Waals surface area contributed by atoms with Gasteiger partial charge in [-0.3, -0.25) is 9.69 Å². The van der Waals surface area contributed by atoms with Gasteiger partial charge < -0.3 is 14.7 Å². The smallest absolute Gasteiger partial charge is 0.236 e. The minimum Gasteiger partial charge on any atom is -0.491 e. The molecule has 1 aromatic carbocycles. The van der Waals surface area contributed by atoms with Crippen molar-refractivity contribution in [3.05, 3.63) is 29.3 Å². The van der Waals surface area contributed by atoms with Crippen molar-refractivity contribution >= 4 is 5.91 Å². The highest BCUT2D eigenvalue weighted by atomic mass is 16.5. The monoisotopic (exact) mass is 360 g/mol. The van der Waals surface area contributed by atoms with Crippen molar-refractivity contribution in [3.63, 3.8) is 0 Å². The fourth-order valence-electron chi connectivity index (χ4n) is 3.83. The summed E-state index contributed by atoms with van der Waals surface area (Å²) in [5, 5.41) is 10.9. The fourth-order valence-corrected chi connectivity index (χ4v) is 3.83. The molecular formula is C21H32N2O3. The Morgan fingerprint density at radius 1 is 1.08 bits per heavy atom. The largest absolute Gasteiger partial charge is 0.491 e. The highest BCUT2D eigenvalue weighted by molar-refractivity contribution is 5.78. The molecule has 5 heteroatoms. The molecule has 0 aromatic heterocycles. The highest BCUT2D eigenvalue weighted by Crippen LogP contribution is 2.25. The van der Waals surface area contributed by atoms with Gasteiger partial charge in [-0.2, -0.15) is 0 Å². The first kappa shape index (κ1) is 19.2. The number of hydrogen-bond donors (Lipinski definition) is 1. The van der Waals surface area contributed by atoms with Gasteiger partial charge in [0.25, 0.3) is 0 Å². The second-order valence-corrected chi connectivity index (χ2v) is 7.98. The van der Waals surface area contributed by atoms with Crippen LogP contribution in [0.1, 0.15) is 43.2 Å². The molecule has 3 rings (SSSR count). The third-order valence-corrected chi connectivity index (χ3v) is 5.81. The zero-order valence-corrected chi connectivity index (χ0v) is 16.2. The molecule has 0 aliphatic carbocycles. The molecule has 2 heterocycles. The minimum absolute atomic E-state index is 0.200. The van der Waals surface area contributed by atoms with Crippen molar-refractivity contribution in [2.24, 2.45) is 0 Å². The molecule has 0 radical (unpaired) electrons. The summed E-state index contributed by atoms with van der Waals surface area (Å²) >= 11 is 0. The van der Waals surface area contributed by atoms with Crippen LogP contribution < -0.4 is 4.74 Å². The van der Waals surface area contributed by atoms with Gasteiger partial charge >= 0.3 is 0 Å². The van der Waals surface area contributed by atoms with Crippen LogP contribution in [0.4, 0.5) is 0 Å². The Hall–Kier alpha value is -1.59. The van der Waals surface area contributed by atoms with Crippen LogP contribution in [0.25, 0.3) is 0 Å². The summed E-state index contributed by atoms with van der Waals surface area (Å²) in [5.74, 6) is 0.999. The molecule has 2 fully saturated rings. The van der Waals surface area contributed by atoms with Crippen molar-refractivity contribution in [2.45, 2.75) is 51.6 Å². The molecule has 2 saturated heterocycles. The van der Waals surface area contributed by atoms with Gasteiger partial charge in [0, 0.05) is 13.1 Å². The van der Waals surface area contributed by atoms with Crippen LogP contribution >= 0.6 is 0 Å². The predicted molar refractivity (Wildman–Crippen MR) is 102 cm³/mol. The lowest BCUT2D eigenvalue weighted by atomic mass is 9.96. The van der Waals surface area contributed by atoms with E-state index in [1.165, 1.54) is 24.0 Å². The first-order valence-electron chi connectivity index (χ1n) is 9.88. The van der Waals surface area contributed by atoms with Gasteiger partial charge in [0.1, 0.15) is 18.0 Å². The van der Waals surface area contributed by atoms with Gasteiger partial charge in [-0.15, -0.1) is 0 Å². The van der Waals surface area contributed by atoms with Crippen LogP contribution in [0.15, 0.2) is 18.2 Å². The van der Waals surface area contributed by atoms with Gasteiger partial charge in [0.05, 0.1) is 6.54 Å². The van der Waals surface area contributed by atoms with Gasteiger partial charge in [-0.1, -0.05) is 6.07 Å².